The number of hydrogen-bond donors (Lipinski definition) is 1. The van der Waals surface area contributed by atoms with E-state index in [0.29, 0.717) is 12.2 Å². The van der Waals surface area contributed by atoms with Gasteiger partial charge in [-0.05, 0) is 18.6 Å². The summed E-state index contributed by atoms with van der Waals surface area (Å²) >= 11 is 0. The van der Waals surface area contributed by atoms with Gasteiger partial charge in [-0.2, -0.15) is 0 Å². The molecule has 1 heteroatoms. The first-order valence-corrected chi connectivity index (χ1v) is 3.71. The molecule has 0 spiro atoms. The molecule has 0 bridgehead atoms. The Bertz CT molecular complexity index is 236. The summed E-state index contributed by atoms with van der Waals surface area (Å²) in [5.41, 5.74) is 1.14. The van der Waals surface area contributed by atoms with Gasteiger partial charge in [0.25, 0.3) is 0 Å². The minimum atomic E-state index is 0.427. The molecule has 0 radical (unpaired) electrons. The molecule has 0 aliphatic carbocycles. The molecule has 0 amide bonds. The number of aliphatic hydroxyl groups excluding tert-OH is 1. The Morgan fingerprint density at radius 1 is 1.36 bits per heavy atom. The van der Waals surface area contributed by atoms with Gasteiger partial charge in [0.15, 0.2) is 0 Å². The first-order valence-electron chi connectivity index (χ1n) is 3.71. The van der Waals surface area contributed by atoms with Crippen LogP contribution in [0.15, 0.2) is 42.2 Å². The molecule has 0 saturated carbocycles. The van der Waals surface area contributed by atoms with Gasteiger partial charge >= 0.3 is 0 Å². The van der Waals surface area contributed by atoms with Gasteiger partial charge in [-0.3, -0.25) is 0 Å². The van der Waals surface area contributed by atoms with Gasteiger partial charge in [-0.25, -0.2) is 0 Å². The molecular formula is C10H12O. The monoisotopic (exact) mass is 148 g/mol. The third kappa shape index (κ3) is 2.46. The molecule has 58 valence electrons. The molecule has 0 atom stereocenters. The Hall–Kier alpha value is -1.24. The quantitative estimate of drug-likeness (QED) is 0.639. The smallest absolute Gasteiger partial charge is 0.0923 e. The van der Waals surface area contributed by atoms with Crippen molar-refractivity contribution in [2.75, 3.05) is 0 Å². The highest BCUT2D eigenvalue weighted by atomic mass is 16.3. The highest BCUT2D eigenvalue weighted by Gasteiger charge is 1.92. The minimum absolute atomic E-state index is 0.427. The first-order chi connectivity index (χ1) is 5.33. The van der Waals surface area contributed by atoms with Crippen LogP contribution < -0.4 is 0 Å². The van der Waals surface area contributed by atoms with Crippen LogP contribution in [0, 0.1) is 0 Å². The van der Waals surface area contributed by atoms with Crippen molar-refractivity contribution in [3.05, 3.63) is 47.7 Å². The Labute approximate surface area is 67.0 Å². The summed E-state index contributed by atoms with van der Waals surface area (Å²) in [6.07, 6.45) is 2.35. The van der Waals surface area contributed by atoms with E-state index in [1.807, 2.05) is 37.3 Å². The third-order valence-corrected chi connectivity index (χ3v) is 1.56. The van der Waals surface area contributed by atoms with E-state index < -0.39 is 0 Å². The van der Waals surface area contributed by atoms with Gasteiger partial charge in [0.1, 0.15) is 0 Å². The predicted molar refractivity (Wildman–Crippen MR) is 46.5 cm³/mol. The van der Waals surface area contributed by atoms with Gasteiger partial charge in [0.05, 0.1) is 5.76 Å². The van der Waals surface area contributed by atoms with Crippen LogP contribution in [0.5, 0.6) is 0 Å². The van der Waals surface area contributed by atoms with Gasteiger partial charge < -0.3 is 5.11 Å². The lowest BCUT2D eigenvalue weighted by molar-refractivity contribution is 0.397. The normalized spacial score (nSPS) is 11.5. The van der Waals surface area contributed by atoms with E-state index in [0.717, 1.165) is 5.56 Å². The van der Waals surface area contributed by atoms with Crippen molar-refractivity contribution in [3.8, 4) is 0 Å². The van der Waals surface area contributed by atoms with Gasteiger partial charge in [-0.1, -0.05) is 30.3 Å². The fourth-order valence-corrected chi connectivity index (χ4v) is 0.907. The van der Waals surface area contributed by atoms with Crippen LogP contribution in [-0.4, -0.2) is 5.11 Å². The SMILES string of the molecule is C/C=C(/O)Cc1ccccc1. The van der Waals surface area contributed by atoms with Crippen molar-refractivity contribution in [2.45, 2.75) is 13.3 Å². The molecule has 0 aromatic heterocycles. The maximum absolute atomic E-state index is 9.17. The third-order valence-electron chi connectivity index (χ3n) is 1.56. The van der Waals surface area contributed by atoms with Crippen LogP contribution in [0.4, 0.5) is 0 Å². The molecule has 0 fully saturated rings. The van der Waals surface area contributed by atoms with Crippen molar-refractivity contribution >= 4 is 0 Å². The molecule has 1 aromatic carbocycles. The van der Waals surface area contributed by atoms with Crippen molar-refractivity contribution in [1.29, 1.82) is 0 Å². The lowest BCUT2D eigenvalue weighted by Gasteiger charge is -1.98. The fraction of sp³-hybridized carbons (Fsp3) is 0.200. The summed E-state index contributed by atoms with van der Waals surface area (Å²) < 4.78 is 0. The van der Waals surface area contributed by atoms with E-state index in [2.05, 4.69) is 0 Å². The predicted octanol–water partition coefficient (Wildman–Crippen LogP) is 2.69. The molecule has 0 saturated heterocycles. The van der Waals surface area contributed by atoms with E-state index in [-0.39, 0.29) is 0 Å². The van der Waals surface area contributed by atoms with Crippen LogP contribution in [0.3, 0.4) is 0 Å². The number of hydrogen-bond acceptors (Lipinski definition) is 1. The average Bonchev–Trinajstić information content (AvgIpc) is 2.06. The molecule has 0 aliphatic heterocycles. The Balaban J connectivity index is 2.65. The van der Waals surface area contributed by atoms with Gasteiger partial charge in [-0.15, -0.1) is 0 Å². The zero-order chi connectivity index (χ0) is 8.10. The minimum Gasteiger partial charge on any atom is -0.512 e. The van der Waals surface area contributed by atoms with Crippen LogP contribution in [0.1, 0.15) is 12.5 Å². The topological polar surface area (TPSA) is 20.2 Å². The lowest BCUT2D eigenvalue weighted by atomic mass is 10.1. The van der Waals surface area contributed by atoms with Crippen LogP contribution in [0.2, 0.25) is 0 Å². The Morgan fingerprint density at radius 3 is 2.55 bits per heavy atom. The summed E-state index contributed by atoms with van der Waals surface area (Å²) in [6.45, 7) is 1.83. The molecule has 1 nitrogen and oxygen atoms in total. The molecule has 0 aliphatic rings. The van der Waals surface area contributed by atoms with E-state index in [9.17, 15) is 5.11 Å². The van der Waals surface area contributed by atoms with Crippen molar-refractivity contribution in [2.24, 2.45) is 0 Å². The highest BCUT2D eigenvalue weighted by Crippen LogP contribution is 2.04. The fourth-order valence-electron chi connectivity index (χ4n) is 0.907. The Morgan fingerprint density at radius 2 is 2.00 bits per heavy atom. The number of rotatable bonds is 2. The van der Waals surface area contributed by atoms with Crippen molar-refractivity contribution in [3.63, 3.8) is 0 Å². The van der Waals surface area contributed by atoms with Gasteiger partial charge in [0, 0.05) is 6.42 Å². The van der Waals surface area contributed by atoms with Crippen molar-refractivity contribution < 1.29 is 5.11 Å². The molecular weight excluding hydrogens is 136 g/mol. The molecule has 11 heavy (non-hydrogen) atoms. The van der Waals surface area contributed by atoms with Gasteiger partial charge in [0.2, 0.25) is 0 Å². The van der Waals surface area contributed by atoms with Crippen LogP contribution >= 0.6 is 0 Å². The summed E-state index contributed by atoms with van der Waals surface area (Å²) in [7, 11) is 0. The second-order valence-electron chi connectivity index (χ2n) is 2.44. The molecule has 1 N–H and O–H groups in total. The molecule has 0 heterocycles. The highest BCUT2D eigenvalue weighted by molar-refractivity contribution is 5.18. The van der Waals surface area contributed by atoms with E-state index in [1.165, 1.54) is 0 Å². The first kappa shape index (κ1) is 7.86. The van der Waals surface area contributed by atoms with E-state index >= 15 is 0 Å². The summed E-state index contributed by atoms with van der Waals surface area (Å²) in [5.74, 6) is 0.427. The second-order valence-corrected chi connectivity index (χ2v) is 2.44. The number of aliphatic hydroxyl groups is 1. The van der Waals surface area contributed by atoms with Crippen LogP contribution in [0.25, 0.3) is 0 Å². The van der Waals surface area contributed by atoms with Crippen LogP contribution in [-0.2, 0) is 6.42 Å². The average molecular weight is 148 g/mol. The largest absolute Gasteiger partial charge is 0.512 e. The Kier molecular flexibility index (Phi) is 2.73. The maximum atomic E-state index is 9.17. The maximum Gasteiger partial charge on any atom is 0.0923 e. The van der Waals surface area contributed by atoms with E-state index in [4.69, 9.17) is 0 Å². The number of benzene rings is 1. The van der Waals surface area contributed by atoms with E-state index in [1.54, 1.807) is 6.08 Å². The molecule has 1 rings (SSSR count). The summed E-state index contributed by atoms with van der Waals surface area (Å²) in [5, 5.41) is 9.17. The number of allylic oxidation sites excluding steroid dienone is 2. The molecule has 0 unspecified atom stereocenters. The zero-order valence-electron chi connectivity index (χ0n) is 6.62. The summed E-state index contributed by atoms with van der Waals surface area (Å²) in [6, 6.07) is 9.91. The molecule has 1 aromatic rings. The lowest BCUT2D eigenvalue weighted by Crippen LogP contribution is -1.87. The standard InChI is InChI=1S/C10H12O/c1-2-10(11)8-9-6-4-3-5-7-9/h2-7,11H,8H2,1H3/b10-2+. The zero-order valence-corrected chi connectivity index (χ0v) is 6.62. The summed E-state index contributed by atoms with van der Waals surface area (Å²) in [4.78, 5) is 0. The second kappa shape index (κ2) is 3.81. The van der Waals surface area contributed by atoms with Crippen molar-refractivity contribution in [1.82, 2.24) is 0 Å².